The number of hydrogen-bond acceptors (Lipinski definition) is 3. The number of allylic oxidation sites excluding steroid dienone is 1. The first-order chi connectivity index (χ1) is 20.0. The normalized spacial score (nSPS) is 13.0. The zero-order chi connectivity index (χ0) is 30.1. The first-order valence-electron chi connectivity index (χ1n) is 18.3. The standard InChI is InChI=1S/C36H72O4S/c1-3-5-7-9-11-13-15-17-19-20-22-24-26-28-30-32-34-36(35-40-41(37,38)39)33-31-29-27-25-23-21-18-16-14-12-10-8-6-4-2/h32,34,36H,3-31,33,35H2,1-2H3,(H,37,38,39)/b34-32+. The summed E-state index contributed by atoms with van der Waals surface area (Å²) in [7, 11) is -4.37. The third-order valence-electron chi connectivity index (χ3n) is 8.49. The lowest BCUT2D eigenvalue weighted by atomic mass is 9.99. The Morgan fingerprint density at radius 1 is 0.512 bits per heavy atom. The molecule has 0 aromatic carbocycles. The first kappa shape index (κ1) is 40.6. The van der Waals surface area contributed by atoms with Crippen LogP contribution in [0.2, 0.25) is 0 Å². The van der Waals surface area contributed by atoms with Gasteiger partial charge in [0, 0.05) is 5.92 Å². The average Bonchev–Trinajstić information content (AvgIpc) is 2.94. The molecule has 0 heterocycles. The minimum Gasteiger partial charge on any atom is -0.264 e. The molecule has 0 saturated heterocycles. The van der Waals surface area contributed by atoms with E-state index in [1.807, 2.05) is 0 Å². The van der Waals surface area contributed by atoms with Crippen molar-refractivity contribution in [1.29, 1.82) is 0 Å². The first-order valence-corrected chi connectivity index (χ1v) is 19.6. The fourth-order valence-corrected chi connectivity index (χ4v) is 6.10. The van der Waals surface area contributed by atoms with Gasteiger partial charge in [0.1, 0.15) is 0 Å². The van der Waals surface area contributed by atoms with Gasteiger partial charge in [-0.15, -0.1) is 0 Å². The molecule has 0 fully saturated rings. The van der Waals surface area contributed by atoms with Crippen LogP contribution in [0.1, 0.15) is 206 Å². The molecular formula is C36H72O4S. The Bertz CT molecular complexity index is 631. The third kappa shape index (κ3) is 35.7. The lowest BCUT2D eigenvalue weighted by Gasteiger charge is -2.12. The summed E-state index contributed by atoms with van der Waals surface area (Å²) in [5.41, 5.74) is 0. The largest absolute Gasteiger partial charge is 0.397 e. The van der Waals surface area contributed by atoms with E-state index in [1.54, 1.807) is 0 Å². The Kier molecular flexibility index (Phi) is 32.2. The van der Waals surface area contributed by atoms with E-state index in [0.717, 1.165) is 19.3 Å². The van der Waals surface area contributed by atoms with Crippen LogP contribution in [-0.4, -0.2) is 19.6 Å². The summed E-state index contributed by atoms with van der Waals surface area (Å²) in [5.74, 6) is 0.0564. The molecule has 0 bridgehead atoms. The third-order valence-corrected chi connectivity index (χ3v) is 8.93. The minimum atomic E-state index is -4.37. The van der Waals surface area contributed by atoms with Crippen LogP contribution in [0.4, 0.5) is 0 Å². The molecule has 0 radical (unpaired) electrons. The van der Waals surface area contributed by atoms with Crippen molar-refractivity contribution in [2.24, 2.45) is 5.92 Å². The predicted octanol–water partition coefficient (Wildman–Crippen LogP) is 12.7. The summed E-state index contributed by atoms with van der Waals surface area (Å²) in [6.07, 6.45) is 44.1. The molecule has 41 heavy (non-hydrogen) atoms. The van der Waals surface area contributed by atoms with E-state index in [9.17, 15) is 8.42 Å². The van der Waals surface area contributed by atoms with Gasteiger partial charge in [-0.25, -0.2) is 4.18 Å². The van der Waals surface area contributed by atoms with Gasteiger partial charge in [-0.2, -0.15) is 8.42 Å². The minimum absolute atomic E-state index is 0.0481. The smallest absolute Gasteiger partial charge is 0.264 e. The summed E-state index contributed by atoms with van der Waals surface area (Å²) in [6, 6.07) is 0. The van der Waals surface area contributed by atoms with Crippen LogP contribution in [0.3, 0.4) is 0 Å². The maximum absolute atomic E-state index is 11.1. The molecule has 0 aliphatic heterocycles. The molecule has 0 amide bonds. The van der Waals surface area contributed by atoms with Gasteiger partial charge in [-0.3, -0.25) is 4.55 Å². The van der Waals surface area contributed by atoms with E-state index in [-0.39, 0.29) is 12.5 Å². The lowest BCUT2D eigenvalue weighted by Crippen LogP contribution is -2.12. The molecule has 1 N–H and O–H groups in total. The topological polar surface area (TPSA) is 63.6 Å². The molecule has 0 saturated carbocycles. The molecular weight excluding hydrogens is 528 g/mol. The van der Waals surface area contributed by atoms with Gasteiger partial charge in [0.2, 0.25) is 0 Å². The monoisotopic (exact) mass is 601 g/mol. The molecule has 1 unspecified atom stereocenters. The van der Waals surface area contributed by atoms with E-state index >= 15 is 0 Å². The Morgan fingerprint density at radius 2 is 0.829 bits per heavy atom. The molecule has 0 spiro atoms. The molecule has 0 rings (SSSR count). The summed E-state index contributed by atoms with van der Waals surface area (Å²) < 4.78 is 35.9. The highest BCUT2D eigenvalue weighted by molar-refractivity contribution is 7.80. The molecule has 0 aliphatic rings. The van der Waals surface area contributed by atoms with Crippen molar-refractivity contribution in [2.45, 2.75) is 206 Å². The van der Waals surface area contributed by atoms with Crippen molar-refractivity contribution in [1.82, 2.24) is 0 Å². The highest BCUT2D eigenvalue weighted by Gasteiger charge is 2.11. The Hall–Kier alpha value is -0.390. The van der Waals surface area contributed by atoms with Crippen LogP contribution in [0.25, 0.3) is 0 Å². The van der Waals surface area contributed by atoms with Gasteiger partial charge in [0.25, 0.3) is 0 Å². The maximum atomic E-state index is 11.1. The van der Waals surface area contributed by atoms with Crippen LogP contribution >= 0.6 is 0 Å². The number of rotatable bonds is 34. The highest BCUT2D eigenvalue weighted by atomic mass is 32.3. The van der Waals surface area contributed by atoms with Gasteiger partial charge in [-0.1, -0.05) is 199 Å². The molecule has 246 valence electrons. The maximum Gasteiger partial charge on any atom is 0.397 e. The predicted molar refractivity (Wildman–Crippen MR) is 180 cm³/mol. The van der Waals surface area contributed by atoms with Crippen molar-refractivity contribution in [3.63, 3.8) is 0 Å². The van der Waals surface area contributed by atoms with Crippen molar-refractivity contribution in [3.05, 3.63) is 12.2 Å². The van der Waals surface area contributed by atoms with E-state index in [0.29, 0.717) is 0 Å². The van der Waals surface area contributed by atoms with E-state index in [2.05, 4.69) is 26.0 Å². The van der Waals surface area contributed by atoms with E-state index in [4.69, 9.17) is 8.74 Å². The van der Waals surface area contributed by atoms with Gasteiger partial charge in [-0.05, 0) is 19.3 Å². The van der Waals surface area contributed by atoms with E-state index in [1.165, 1.54) is 173 Å². The van der Waals surface area contributed by atoms with Crippen molar-refractivity contribution in [3.8, 4) is 0 Å². The van der Waals surface area contributed by atoms with Gasteiger partial charge in [0.05, 0.1) is 6.61 Å². The Labute approximate surface area is 258 Å². The summed E-state index contributed by atoms with van der Waals surface area (Å²) in [4.78, 5) is 0. The fourth-order valence-electron chi connectivity index (χ4n) is 5.75. The lowest BCUT2D eigenvalue weighted by molar-refractivity contribution is 0.234. The van der Waals surface area contributed by atoms with Crippen molar-refractivity contribution in [2.75, 3.05) is 6.61 Å². The van der Waals surface area contributed by atoms with Crippen LogP contribution in [0, 0.1) is 5.92 Å². The van der Waals surface area contributed by atoms with Gasteiger partial charge in [0.15, 0.2) is 0 Å². The molecule has 5 heteroatoms. The molecule has 0 aromatic rings. The second-order valence-electron chi connectivity index (χ2n) is 12.7. The fraction of sp³-hybridized carbons (Fsp3) is 0.944. The summed E-state index contributed by atoms with van der Waals surface area (Å²) in [6.45, 7) is 4.60. The van der Waals surface area contributed by atoms with E-state index < -0.39 is 10.4 Å². The number of hydrogen-bond donors (Lipinski definition) is 1. The van der Waals surface area contributed by atoms with Crippen LogP contribution < -0.4 is 0 Å². The Balaban J connectivity index is 3.75. The molecule has 0 aromatic heterocycles. The zero-order valence-electron chi connectivity index (χ0n) is 27.7. The second kappa shape index (κ2) is 32.5. The van der Waals surface area contributed by atoms with Crippen molar-refractivity contribution >= 4 is 10.4 Å². The van der Waals surface area contributed by atoms with Crippen LogP contribution in [-0.2, 0) is 14.6 Å². The van der Waals surface area contributed by atoms with Gasteiger partial charge >= 0.3 is 10.4 Å². The molecule has 0 aliphatic carbocycles. The summed E-state index contributed by atoms with van der Waals surface area (Å²) >= 11 is 0. The van der Waals surface area contributed by atoms with Gasteiger partial charge < -0.3 is 0 Å². The average molecular weight is 601 g/mol. The quantitative estimate of drug-likeness (QED) is 0.0453. The second-order valence-corrected chi connectivity index (χ2v) is 13.8. The Morgan fingerprint density at radius 3 is 1.17 bits per heavy atom. The SMILES string of the molecule is CCCCCCCCCCCCCCCC/C=C/C(CCCCCCCCCCCCCCCC)COS(=O)(=O)O. The zero-order valence-corrected chi connectivity index (χ0v) is 28.5. The van der Waals surface area contributed by atoms with Crippen LogP contribution in [0.5, 0.6) is 0 Å². The molecule has 1 atom stereocenters. The van der Waals surface area contributed by atoms with Crippen molar-refractivity contribution < 1.29 is 17.2 Å². The van der Waals surface area contributed by atoms with Crippen LogP contribution in [0.15, 0.2) is 12.2 Å². The summed E-state index contributed by atoms with van der Waals surface area (Å²) in [5, 5.41) is 0. The highest BCUT2D eigenvalue weighted by Crippen LogP contribution is 2.18. The number of unbranched alkanes of at least 4 members (excludes halogenated alkanes) is 27. The molecule has 4 nitrogen and oxygen atoms in total.